The number of anilines is 2. The number of aryl methyl sites for hydroxylation is 1. The van der Waals surface area contributed by atoms with Crippen LogP contribution < -0.4 is 14.5 Å². The van der Waals surface area contributed by atoms with Crippen LogP contribution in [0.25, 0.3) is 21.5 Å². The van der Waals surface area contributed by atoms with Gasteiger partial charge in [-0.3, -0.25) is 28.8 Å². The maximum Gasteiger partial charge on any atom is 0.303 e. The van der Waals surface area contributed by atoms with Crippen LogP contribution in [0.1, 0.15) is 65.2 Å². The number of phenols is 1. The molecule has 15 nitrogen and oxygen atoms in total. The van der Waals surface area contributed by atoms with Gasteiger partial charge in [-0.05, 0) is 41.0 Å². The summed E-state index contributed by atoms with van der Waals surface area (Å²) in [7, 11) is 0. The number of hydrogen-bond donors (Lipinski definition) is 1. The van der Waals surface area contributed by atoms with Gasteiger partial charge in [0.2, 0.25) is 18.8 Å². The average Bonchev–Trinajstić information content (AvgIpc) is 3.99. The summed E-state index contributed by atoms with van der Waals surface area (Å²) < 4.78 is 34.5. The molecule has 0 spiro atoms. The fraction of sp³-hybridized carbons (Fsp3) is 0.362. The molecule has 5 aromatic rings. The van der Waals surface area contributed by atoms with E-state index in [1.807, 2.05) is 61.5 Å². The van der Waals surface area contributed by atoms with Crippen LogP contribution >= 0.6 is 34.5 Å². The summed E-state index contributed by atoms with van der Waals surface area (Å²) in [6, 6.07) is 22.1. The lowest BCUT2D eigenvalue weighted by Crippen LogP contribution is -2.63. The highest BCUT2D eigenvalue weighted by molar-refractivity contribution is 7.14. The minimum Gasteiger partial charge on any atom is -0.507 e. The highest BCUT2D eigenvalue weighted by atomic mass is 35.5. The first-order valence-corrected chi connectivity index (χ1v) is 22.5. The van der Waals surface area contributed by atoms with E-state index in [0.29, 0.717) is 34.9 Å². The normalized spacial score (nSPS) is 22.0. The van der Waals surface area contributed by atoms with Gasteiger partial charge in [-0.25, -0.2) is 0 Å². The fourth-order valence-corrected chi connectivity index (χ4v) is 9.92. The second-order valence-electron chi connectivity index (χ2n) is 15.7. The van der Waals surface area contributed by atoms with Crippen molar-refractivity contribution in [2.24, 2.45) is 0 Å². The number of aromatic hydroxyl groups is 1. The Labute approximate surface area is 388 Å². The van der Waals surface area contributed by atoms with Gasteiger partial charge in [0.05, 0.1) is 16.3 Å². The molecule has 3 aliphatic rings. The molecule has 4 aromatic carbocycles. The molecule has 1 fully saturated rings. The summed E-state index contributed by atoms with van der Waals surface area (Å²) in [6.07, 6.45) is -6.01. The van der Waals surface area contributed by atoms with Crippen LogP contribution in [0.15, 0.2) is 72.8 Å². The van der Waals surface area contributed by atoms with Crippen molar-refractivity contribution < 1.29 is 62.3 Å². The van der Waals surface area contributed by atoms with Gasteiger partial charge in [0.1, 0.15) is 24.2 Å². The Kier molecular flexibility index (Phi) is 14.5. The predicted octanol–water partition coefficient (Wildman–Crippen LogP) is 7.50. The van der Waals surface area contributed by atoms with Crippen molar-refractivity contribution in [1.29, 1.82) is 0 Å². The molecule has 3 aliphatic heterocycles. The van der Waals surface area contributed by atoms with Crippen molar-refractivity contribution in [2.75, 3.05) is 41.3 Å². The highest BCUT2D eigenvalue weighted by Crippen LogP contribution is 2.48. The van der Waals surface area contributed by atoms with Gasteiger partial charge < -0.3 is 43.3 Å². The quantitative estimate of drug-likeness (QED) is 0.0595. The summed E-state index contributed by atoms with van der Waals surface area (Å²) in [5.41, 5.74) is 3.30. The highest BCUT2D eigenvalue weighted by Gasteiger charge is 2.53. The molecule has 0 saturated carbocycles. The molecule has 1 saturated heterocycles. The standard InChI is InChI=1S/C33H34ClNO11S.C14H12ClNO2/c1-16-10-11-27(47-16)32(40)35-14-21(13-34)28-23-9-7-6-8-22(23)25(12-24(28)35)45-33-31(44-20(5)39)30(43-19(4)38)29(42-18(3)37)26(46-33)15-41-17(2)36;15-6-9-7-16(8-17)12-5-13(18)10-3-1-2-4-11(10)14(9)12/h6-12,21,26,29-31,33H,13-15H2,1-5H3;1-5,8-9,18H,6-7H2. The van der Waals surface area contributed by atoms with Crippen LogP contribution in [-0.2, 0) is 47.7 Å². The molecule has 18 heteroatoms. The molecular weight excluding hydrogens is 903 g/mol. The number of carbonyl (C=O) groups excluding carboxylic acids is 6. The number of hydrogen-bond acceptors (Lipinski definition) is 14. The van der Waals surface area contributed by atoms with Crippen LogP contribution in [0.3, 0.4) is 0 Å². The number of amides is 2. The molecule has 2 amide bonds. The van der Waals surface area contributed by atoms with Gasteiger partial charge in [-0.2, -0.15) is 0 Å². The zero-order valence-electron chi connectivity index (χ0n) is 36.0. The van der Waals surface area contributed by atoms with Gasteiger partial charge >= 0.3 is 23.9 Å². The summed E-state index contributed by atoms with van der Waals surface area (Å²) in [5.74, 6) is -1.93. The van der Waals surface area contributed by atoms with E-state index >= 15 is 0 Å². The molecule has 4 heterocycles. The van der Waals surface area contributed by atoms with E-state index in [2.05, 4.69) is 0 Å². The predicted molar refractivity (Wildman–Crippen MR) is 243 cm³/mol. The molecule has 0 aliphatic carbocycles. The topological polar surface area (TPSA) is 185 Å². The first kappa shape index (κ1) is 47.0. The lowest BCUT2D eigenvalue weighted by atomic mass is 9.95. The summed E-state index contributed by atoms with van der Waals surface area (Å²) in [5, 5.41) is 13.2. The van der Waals surface area contributed by atoms with Crippen molar-refractivity contribution in [3.8, 4) is 11.5 Å². The van der Waals surface area contributed by atoms with Crippen molar-refractivity contribution in [3.05, 3.63) is 93.7 Å². The van der Waals surface area contributed by atoms with Gasteiger partial charge in [0.15, 0.2) is 12.2 Å². The largest absolute Gasteiger partial charge is 0.507 e. The molecule has 8 rings (SSSR count). The van der Waals surface area contributed by atoms with Crippen LogP contribution in [-0.4, -0.2) is 103 Å². The van der Waals surface area contributed by atoms with E-state index in [1.165, 1.54) is 18.3 Å². The molecule has 7 atom stereocenters. The Balaban J connectivity index is 0.000000289. The summed E-state index contributed by atoms with van der Waals surface area (Å²) >= 11 is 13.8. The molecule has 7 unspecified atom stereocenters. The van der Waals surface area contributed by atoms with Crippen molar-refractivity contribution >= 4 is 104 Å². The Morgan fingerprint density at radius 1 is 0.738 bits per heavy atom. The number of rotatable bonds is 11. The average molecular weight is 950 g/mol. The van der Waals surface area contributed by atoms with Crippen molar-refractivity contribution in [1.82, 2.24) is 0 Å². The first-order valence-electron chi connectivity index (χ1n) is 20.6. The minimum absolute atomic E-state index is 0.123. The second-order valence-corrected chi connectivity index (χ2v) is 17.6. The maximum atomic E-state index is 13.8. The number of fused-ring (bicyclic) bond motifs is 6. The Hall–Kier alpha value is -5.94. The van der Waals surface area contributed by atoms with Crippen molar-refractivity contribution in [3.63, 3.8) is 0 Å². The van der Waals surface area contributed by atoms with Gasteiger partial charge in [0, 0.05) is 92.2 Å². The number of alkyl halides is 2. The number of halogens is 2. The molecule has 65 heavy (non-hydrogen) atoms. The van der Waals surface area contributed by atoms with E-state index in [-0.39, 0.29) is 35.1 Å². The second kappa shape index (κ2) is 20.1. The van der Waals surface area contributed by atoms with Gasteiger partial charge in [-0.15, -0.1) is 34.5 Å². The SMILES string of the molecule is CC(=O)OCC1OC(Oc2cc3c(c4ccccc24)C(CCl)CN3C(=O)c2ccc(C)s2)C(OC(C)=O)C(OC(C)=O)C1OC(C)=O.O=CN1CC(CCl)c2c1cc(O)c1ccccc21. The monoisotopic (exact) mass is 948 g/mol. The van der Waals surface area contributed by atoms with Crippen LogP contribution in [0, 0.1) is 6.92 Å². The zero-order valence-corrected chi connectivity index (χ0v) is 38.3. The Bertz CT molecular complexity index is 2660. The third kappa shape index (κ3) is 9.86. The molecule has 0 radical (unpaired) electrons. The number of benzene rings is 4. The molecule has 1 aromatic heterocycles. The van der Waals surface area contributed by atoms with Crippen LogP contribution in [0.5, 0.6) is 11.5 Å². The summed E-state index contributed by atoms with van der Waals surface area (Å²) in [4.78, 5) is 78.2. The van der Waals surface area contributed by atoms with Crippen molar-refractivity contribution in [2.45, 2.75) is 77.2 Å². The summed E-state index contributed by atoms with van der Waals surface area (Å²) in [6.45, 7) is 7.09. The van der Waals surface area contributed by atoms with Gasteiger partial charge in [-0.1, -0.05) is 48.5 Å². The van der Waals surface area contributed by atoms with E-state index in [0.717, 1.165) is 65.0 Å². The smallest absolute Gasteiger partial charge is 0.303 e. The van der Waals surface area contributed by atoms with Gasteiger partial charge in [0.25, 0.3) is 5.91 Å². The molecule has 0 bridgehead atoms. The minimum atomic E-state index is -1.45. The van der Waals surface area contributed by atoms with E-state index in [4.69, 9.17) is 51.6 Å². The third-order valence-corrected chi connectivity index (χ3v) is 12.9. The maximum absolute atomic E-state index is 13.8. The molecular formula is C47H46Cl2N2O13S. The Morgan fingerprint density at radius 3 is 1.89 bits per heavy atom. The van der Waals surface area contributed by atoms with E-state index in [9.17, 15) is 33.9 Å². The fourth-order valence-electron chi connectivity index (χ4n) is 8.60. The number of ether oxygens (including phenoxy) is 6. The number of esters is 4. The third-order valence-electron chi connectivity index (χ3n) is 11.2. The van der Waals surface area contributed by atoms with Crippen LogP contribution in [0.4, 0.5) is 11.4 Å². The lowest BCUT2D eigenvalue weighted by molar-refractivity contribution is -0.288. The Morgan fingerprint density at radius 2 is 1.31 bits per heavy atom. The zero-order chi connectivity index (χ0) is 46.7. The lowest BCUT2D eigenvalue weighted by Gasteiger charge is -2.44. The first-order chi connectivity index (χ1) is 31.1. The van der Waals surface area contributed by atoms with E-state index in [1.54, 1.807) is 28.0 Å². The van der Waals surface area contributed by atoms with Crippen LogP contribution in [0.2, 0.25) is 0 Å². The number of phenolic OH excluding ortho intramolecular Hbond substituents is 1. The molecule has 342 valence electrons. The molecule has 1 N–H and O–H groups in total. The van der Waals surface area contributed by atoms with E-state index < -0.39 is 61.2 Å². The number of thiophene rings is 1. The number of nitrogens with zero attached hydrogens (tertiary/aromatic N) is 2. The number of carbonyl (C=O) groups is 6.